The SMILES string of the molecule is CCOC(=O)c1c(C)nn(-c2cc(Nc3c(C)c(-c4ccc(C(F)(F)F)cc4)nn3CC3CC3)ncn2)c1C. The normalized spacial score (nSPS) is 13.5. The number of nitrogens with zero attached hydrogens (tertiary/aromatic N) is 6. The van der Waals surface area contributed by atoms with Gasteiger partial charge in [-0.3, -0.25) is 0 Å². The lowest BCUT2D eigenvalue weighted by Gasteiger charge is -2.11. The molecule has 1 fully saturated rings. The summed E-state index contributed by atoms with van der Waals surface area (Å²) in [7, 11) is 0. The molecule has 0 aliphatic heterocycles. The molecule has 3 heterocycles. The zero-order valence-corrected chi connectivity index (χ0v) is 22.0. The molecule has 204 valence electrons. The highest BCUT2D eigenvalue weighted by molar-refractivity contribution is 5.92. The van der Waals surface area contributed by atoms with E-state index >= 15 is 0 Å². The van der Waals surface area contributed by atoms with Gasteiger partial charge in [0.05, 0.1) is 29.3 Å². The van der Waals surface area contributed by atoms with Gasteiger partial charge >= 0.3 is 12.1 Å². The average Bonchev–Trinajstić information content (AvgIpc) is 3.59. The van der Waals surface area contributed by atoms with Crippen LogP contribution in [0.4, 0.5) is 24.8 Å². The van der Waals surface area contributed by atoms with Crippen LogP contribution in [0.1, 0.15) is 52.6 Å². The third kappa shape index (κ3) is 5.36. The van der Waals surface area contributed by atoms with Crippen molar-refractivity contribution in [2.24, 2.45) is 5.92 Å². The Bertz CT molecular complexity index is 1520. The first-order valence-corrected chi connectivity index (χ1v) is 12.6. The number of rotatable bonds is 8. The molecular formula is C27H28F3N7O2. The molecule has 1 aliphatic carbocycles. The minimum atomic E-state index is -4.40. The van der Waals surface area contributed by atoms with Crippen molar-refractivity contribution in [3.05, 3.63) is 64.7 Å². The van der Waals surface area contributed by atoms with Crippen LogP contribution in [0.3, 0.4) is 0 Å². The molecule has 3 aromatic heterocycles. The minimum Gasteiger partial charge on any atom is -0.462 e. The van der Waals surface area contributed by atoms with Crippen LogP contribution in [0.15, 0.2) is 36.7 Å². The van der Waals surface area contributed by atoms with Crippen molar-refractivity contribution < 1.29 is 22.7 Å². The number of halogens is 3. The lowest BCUT2D eigenvalue weighted by atomic mass is 10.1. The Morgan fingerprint density at radius 3 is 2.46 bits per heavy atom. The van der Waals surface area contributed by atoms with Crippen LogP contribution in [0.5, 0.6) is 0 Å². The first-order valence-electron chi connectivity index (χ1n) is 12.6. The van der Waals surface area contributed by atoms with E-state index in [-0.39, 0.29) is 6.61 Å². The molecule has 5 rings (SSSR count). The van der Waals surface area contributed by atoms with E-state index in [2.05, 4.69) is 20.4 Å². The number of carbonyl (C=O) groups is 1. The average molecular weight is 540 g/mol. The van der Waals surface area contributed by atoms with Gasteiger partial charge in [0.25, 0.3) is 0 Å². The molecule has 0 unspecified atom stereocenters. The van der Waals surface area contributed by atoms with Crippen LogP contribution in [-0.4, -0.2) is 42.1 Å². The second-order valence-corrected chi connectivity index (χ2v) is 9.59. The summed E-state index contributed by atoms with van der Waals surface area (Å²) in [6.45, 7) is 8.06. The van der Waals surface area contributed by atoms with Gasteiger partial charge in [-0.25, -0.2) is 24.1 Å². The number of anilines is 2. The smallest absolute Gasteiger partial charge is 0.416 e. The van der Waals surface area contributed by atoms with Gasteiger partial charge < -0.3 is 10.1 Å². The number of alkyl halides is 3. The summed E-state index contributed by atoms with van der Waals surface area (Å²) >= 11 is 0. The van der Waals surface area contributed by atoms with Crippen LogP contribution in [0, 0.1) is 26.7 Å². The highest BCUT2D eigenvalue weighted by atomic mass is 19.4. The van der Waals surface area contributed by atoms with Gasteiger partial charge in [-0.05, 0) is 58.6 Å². The number of hydrogen-bond acceptors (Lipinski definition) is 7. The maximum Gasteiger partial charge on any atom is 0.416 e. The first-order chi connectivity index (χ1) is 18.6. The monoisotopic (exact) mass is 539 g/mol. The van der Waals surface area contributed by atoms with Gasteiger partial charge in [-0.2, -0.15) is 23.4 Å². The second kappa shape index (κ2) is 10.2. The lowest BCUT2D eigenvalue weighted by molar-refractivity contribution is -0.137. The predicted octanol–water partition coefficient (Wildman–Crippen LogP) is 5.80. The van der Waals surface area contributed by atoms with E-state index in [0.29, 0.717) is 58.1 Å². The lowest BCUT2D eigenvalue weighted by Crippen LogP contribution is -2.10. The number of carbonyl (C=O) groups excluding carboxylic acids is 1. The van der Waals surface area contributed by atoms with E-state index < -0.39 is 17.7 Å². The van der Waals surface area contributed by atoms with E-state index in [0.717, 1.165) is 30.5 Å². The summed E-state index contributed by atoms with van der Waals surface area (Å²) in [6.07, 6.45) is -0.802. The molecule has 0 amide bonds. The molecule has 0 spiro atoms. The predicted molar refractivity (Wildman–Crippen MR) is 138 cm³/mol. The van der Waals surface area contributed by atoms with Crippen LogP contribution in [-0.2, 0) is 17.5 Å². The Hall–Kier alpha value is -4.22. The topological polar surface area (TPSA) is 99.8 Å². The van der Waals surface area contributed by atoms with Crippen molar-refractivity contribution in [1.82, 2.24) is 29.5 Å². The first kappa shape index (κ1) is 26.4. The minimum absolute atomic E-state index is 0.257. The van der Waals surface area contributed by atoms with E-state index in [9.17, 15) is 18.0 Å². The van der Waals surface area contributed by atoms with Crippen molar-refractivity contribution in [3.8, 4) is 17.1 Å². The van der Waals surface area contributed by atoms with Crippen LogP contribution < -0.4 is 5.32 Å². The summed E-state index contributed by atoms with van der Waals surface area (Å²) in [5.74, 6) is 1.69. The van der Waals surface area contributed by atoms with Gasteiger partial charge in [0.15, 0.2) is 5.82 Å². The number of esters is 1. The summed E-state index contributed by atoms with van der Waals surface area (Å²) in [5.41, 5.74) is 2.78. The maximum atomic E-state index is 13.1. The number of aromatic nitrogens is 6. The van der Waals surface area contributed by atoms with Crippen molar-refractivity contribution in [2.75, 3.05) is 11.9 Å². The van der Waals surface area contributed by atoms with Crippen LogP contribution >= 0.6 is 0 Å². The molecule has 0 radical (unpaired) electrons. The van der Waals surface area contributed by atoms with E-state index in [1.54, 1.807) is 31.5 Å². The number of hydrogen-bond donors (Lipinski definition) is 1. The molecule has 0 saturated heterocycles. The Morgan fingerprint density at radius 2 is 1.82 bits per heavy atom. The Kier molecular flexibility index (Phi) is 6.87. The fourth-order valence-corrected chi connectivity index (χ4v) is 4.50. The summed E-state index contributed by atoms with van der Waals surface area (Å²) in [5, 5.41) is 12.6. The fourth-order valence-electron chi connectivity index (χ4n) is 4.50. The molecule has 0 bridgehead atoms. The van der Waals surface area contributed by atoms with Crippen molar-refractivity contribution in [3.63, 3.8) is 0 Å². The standard InChI is InChI=1S/C27H28F3N7O2/c1-5-39-26(38)23-16(3)34-37(17(23)4)22-12-21(31-14-32-22)33-25-15(2)24(35-36(25)13-18-6-7-18)19-8-10-20(11-9-19)27(28,29)30/h8-12,14,18H,5-7,13H2,1-4H3,(H,31,32,33). The van der Waals surface area contributed by atoms with Crippen molar-refractivity contribution >= 4 is 17.6 Å². The second-order valence-electron chi connectivity index (χ2n) is 9.59. The van der Waals surface area contributed by atoms with Crippen molar-refractivity contribution in [1.29, 1.82) is 0 Å². The van der Waals surface area contributed by atoms with Crippen LogP contribution in [0.25, 0.3) is 17.1 Å². The molecule has 9 nitrogen and oxygen atoms in total. The molecule has 1 N–H and O–H groups in total. The molecule has 12 heteroatoms. The van der Waals surface area contributed by atoms with Gasteiger partial charge in [-0.15, -0.1) is 0 Å². The van der Waals surface area contributed by atoms with Gasteiger partial charge in [0, 0.05) is 23.7 Å². The molecule has 0 atom stereocenters. The van der Waals surface area contributed by atoms with Gasteiger partial charge in [-0.1, -0.05) is 12.1 Å². The van der Waals surface area contributed by atoms with Gasteiger partial charge in [0.2, 0.25) is 0 Å². The van der Waals surface area contributed by atoms with E-state index in [1.807, 2.05) is 11.6 Å². The number of aryl methyl sites for hydroxylation is 1. The van der Waals surface area contributed by atoms with Crippen LogP contribution in [0.2, 0.25) is 0 Å². The summed E-state index contributed by atoms with van der Waals surface area (Å²) < 4.78 is 47.8. The third-order valence-corrected chi connectivity index (χ3v) is 6.69. The Labute approximate surface area is 223 Å². The Balaban J connectivity index is 1.48. The maximum absolute atomic E-state index is 13.1. The number of nitrogens with one attached hydrogen (secondary N) is 1. The highest BCUT2D eigenvalue weighted by Gasteiger charge is 2.31. The molecule has 4 aromatic rings. The molecule has 1 aromatic carbocycles. The fraction of sp³-hybridized carbons (Fsp3) is 0.370. The quantitative estimate of drug-likeness (QED) is 0.283. The zero-order chi connectivity index (χ0) is 27.9. The number of ether oxygens (including phenoxy) is 1. The summed E-state index contributed by atoms with van der Waals surface area (Å²) in [6, 6.07) is 6.72. The number of benzene rings is 1. The molecule has 1 saturated carbocycles. The largest absolute Gasteiger partial charge is 0.462 e. The van der Waals surface area contributed by atoms with Crippen molar-refractivity contribution in [2.45, 2.75) is 53.3 Å². The molecule has 39 heavy (non-hydrogen) atoms. The van der Waals surface area contributed by atoms with E-state index in [1.165, 1.54) is 18.5 Å². The highest BCUT2D eigenvalue weighted by Crippen LogP contribution is 2.37. The van der Waals surface area contributed by atoms with Gasteiger partial charge in [0.1, 0.15) is 23.5 Å². The Morgan fingerprint density at radius 1 is 1.10 bits per heavy atom. The third-order valence-electron chi connectivity index (χ3n) is 6.69. The zero-order valence-electron chi connectivity index (χ0n) is 22.0. The van der Waals surface area contributed by atoms with E-state index in [4.69, 9.17) is 9.84 Å². The molecule has 1 aliphatic rings. The molecular weight excluding hydrogens is 511 g/mol. The summed E-state index contributed by atoms with van der Waals surface area (Å²) in [4.78, 5) is 21.1.